The van der Waals surface area contributed by atoms with Crippen LogP contribution in [0.5, 0.6) is 0 Å². The van der Waals surface area contributed by atoms with Gasteiger partial charge in [-0.05, 0) is 55.3 Å². The lowest BCUT2D eigenvalue weighted by atomic mass is 9.45. The van der Waals surface area contributed by atoms with Crippen molar-refractivity contribution in [2.75, 3.05) is 0 Å². The van der Waals surface area contributed by atoms with E-state index in [2.05, 4.69) is 26.8 Å². The van der Waals surface area contributed by atoms with Gasteiger partial charge >= 0.3 is 0 Å². The Kier molecular flexibility index (Phi) is 2.82. The van der Waals surface area contributed by atoms with Gasteiger partial charge in [-0.1, -0.05) is 32.9 Å². The van der Waals surface area contributed by atoms with Crippen LogP contribution >= 0.6 is 0 Å². The third-order valence-electron chi connectivity index (χ3n) is 9.26. The summed E-state index contributed by atoms with van der Waals surface area (Å²) in [4.78, 5) is 12.9. The number of ketones is 1. The van der Waals surface area contributed by atoms with Crippen LogP contribution in [0.1, 0.15) is 52.9 Å². The second-order valence-corrected chi connectivity index (χ2v) is 10.1. The molecular weight excluding hydrogens is 300 g/mol. The van der Waals surface area contributed by atoms with Crippen molar-refractivity contribution >= 4 is 5.78 Å². The van der Waals surface area contributed by atoms with Gasteiger partial charge in [0.15, 0.2) is 0 Å². The number of Topliss-reactive ketones (excluding diaryl/α,β-unsaturated/α-hetero) is 1. The molecule has 0 bridgehead atoms. The van der Waals surface area contributed by atoms with E-state index in [1.54, 1.807) is 0 Å². The molecule has 2 N–H and O–H groups in total. The van der Waals surface area contributed by atoms with Crippen molar-refractivity contribution in [3.63, 3.8) is 0 Å². The first-order valence-corrected chi connectivity index (χ1v) is 9.87. The highest BCUT2D eigenvalue weighted by Gasteiger charge is 2.74. The minimum absolute atomic E-state index is 0.132. The van der Waals surface area contributed by atoms with Gasteiger partial charge in [0.1, 0.15) is 5.78 Å². The molecule has 0 aromatic carbocycles. The molecule has 24 heavy (non-hydrogen) atoms. The second-order valence-electron chi connectivity index (χ2n) is 10.1. The van der Waals surface area contributed by atoms with Crippen molar-refractivity contribution in [1.29, 1.82) is 0 Å². The molecule has 0 aliphatic heterocycles. The summed E-state index contributed by atoms with van der Waals surface area (Å²) in [7, 11) is 0. The van der Waals surface area contributed by atoms with E-state index in [9.17, 15) is 15.0 Å². The first-order valence-electron chi connectivity index (χ1n) is 9.87. The fraction of sp³-hybridized carbons (Fsp3) is 0.857. The third kappa shape index (κ3) is 1.55. The molecule has 0 spiro atoms. The van der Waals surface area contributed by atoms with E-state index in [1.807, 2.05) is 6.08 Å². The first kappa shape index (κ1) is 15.6. The number of carbonyl (C=O) groups excluding carboxylic acids is 1. The zero-order valence-corrected chi connectivity index (χ0v) is 15.0. The standard InChI is InChI=1S/C21H30O3/c1-11-15-16(11)18(23)19(2)7-6-14-13(17(15)19)5-9-21(24)10-12(22)4-8-20(14,21)3/h5,9,11-17,22,24H,4,6-8,10H2,1-3H3/t11-,12-,13?,14?,15+,16-,17?,19-,20+,21-/m0/s1. The molecule has 3 nitrogen and oxygen atoms in total. The number of carbonyl (C=O) groups is 1. The summed E-state index contributed by atoms with van der Waals surface area (Å²) in [5.41, 5.74) is -1.17. The first-order chi connectivity index (χ1) is 11.2. The smallest absolute Gasteiger partial charge is 0.142 e. The largest absolute Gasteiger partial charge is 0.393 e. The summed E-state index contributed by atoms with van der Waals surface area (Å²) >= 11 is 0. The zero-order chi connectivity index (χ0) is 17.1. The predicted molar refractivity (Wildman–Crippen MR) is 91.0 cm³/mol. The Morgan fingerprint density at radius 1 is 1.21 bits per heavy atom. The summed E-state index contributed by atoms with van der Waals surface area (Å²) in [5, 5.41) is 21.4. The van der Waals surface area contributed by atoms with Crippen LogP contribution in [0.2, 0.25) is 0 Å². The lowest BCUT2D eigenvalue weighted by molar-refractivity contribution is -0.169. The number of hydrogen-bond acceptors (Lipinski definition) is 3. The molecule has 0 heterocycles. The fourth-order valence-electron chi connectivity index (χ4n) is 7.71. The second kappa shape index (κ2) is 4.35. The summed E-state index contributed by atoms with van der Waals surface area (Å²) in [5.74, 6) is 3.31. The highest BCUT2D eigenvalue weighted by atomic mass is 16.3. The monoisotopic (exact) mass is 330 g/mol. The molecule has 3 heteroatoms. The van der Waals surface area contributed by atoms with Crippen LogP contribution in [0.15, 0.2) is 12.2 Å². The van der Waals surface area contributed by atoms with Crippen LogP contribution in [0.4, 0.5) is 0 Å². The Bertz CT molecular complexity index is 641. The Labute approximate surface area is 144 Å². The van der Waals surface area contributed by atoms with Crippen LogP contribution < -0.4 is 0 Å². The minimum Gasteiger partial charge on any atom is -0.393 e. The van der Waals surface area contributed by atoms with Gasteiger partial charge in [-0.15, -0.1) is 0 Å². The van der Waals surface area contributed by atoms with E-state index in [4.69, 9.17) is 0 Å². The molecule has 3 unspecified atom stereocenters. The maximum Gasteiger partial charge on any atom is 0.142 e. The van der Waals surface area contributed by atoms with Crippen molar-refractivity contribution in [3.05, 3.63) is 12.2 Å². The summed E-state index contributed by atoms with van der Waals surface area (Å²) in [6, 6.07) is 0. The number of fused-ring (bicyclic) bond motifs is 7. The molecule has 5 aliphatic carbocycles. The third-order valence-corrected chi connectivity index (χ3v) is 9.26. The Morgan fingerprint density at radius 2 is 1.96 bits per heavy atom. The molecule has 0 radical (unpaired) electrons. The van der Waals surface area contributed by atoms with Gasteiger partial charge in [0.05, 0.1) is 11.7 Å². The normalized spacial score (nSPS) is 64.0. The summed E-state index contributed by atoms with van der Waals surface area (Å²) in [6.07, 6.45) is 8.03. The quantitative estimate of drug-likeness (QED) is 0.671. The molecule has 0 saturated heterocycles. The fourth-order valence-corrected chi connectivity index (χ4v) is 7.71. The van der Waals surface area contributed by atoms with Crippen molar-refractivity contribution in [2.45, 2.75) is 64.6 Å². The number of allylic oxidation sites excluding steroid dienone is 1. The number of aliphatic hydroxyl groups excluding tert-OH is 1. The van der Waals surface area contributed by atoms with E-state index in [0.717, 1.165) is 25.7 Å². The van der Waals surface area contributed by atoms with Crippen molar-refractivity contribution in [2.24, 2.45) is 46.3 Å². The van der Waals surface area contributed by atoms with Crippen molar-refractivity contribution in [1.82, 2.24) is 0 Å². The van der Waals surface area contributed by atoms with Crippen LogP contribution in [0, 0.1) is 46.3 Å². The molecule has 4 fully saturated rings. The molecule has 132 valence electrons. The Morgan fingerprint density at radius 3 is 2.71 bits per heavy atom. The lowest BCUT2D eigenvalue weighted by Crippen LogP contribution is -2.61. The van der Waals surface area contributed by atoms with Crippen LogP contribution in [0.3, 0.4) is 0 Å². The molecule has 5 aliphatic rings. The van der Waals surface area contributed by atoms with E-state index in [0.29, 0.717) is 47.7 Å². The summed E-state index contributed by atoms with van der Waals surface area (Å²) in [6.45, 7) is 6.71. The highest BCUT2D eigenvalue weighted by molar-refractivity contribution is 5.93. The maximum absolute atomic E-state index is 12.9. The molecule has 0 aromatic heterocycles. The highest BCUT2D eigenvalue weighted by Crippen LogP contribution is 2.73. The van der Waals surface area contributed by atoms with E-state index < -0.39 is 5.60 Å². The van der Waals surface area contributed by atoms with Crippen LogP contribution in [-0.2, 0) is 4.79 Å². The average Bonchev–Trinajstić information content (AvgIpc) is 3.10. The van der Waals surface area contributed by atoms with Gasteiger partial charge < -0.3 is 10.2 Å². The molecule has 5 rings (SSSR count). The van der Waals surface area contributed by atoms with Crippen molar-refractivity contribution < 1.29 is 15.0 Å². The van der Waals surface area contributed by atoms with Gasteiger partial charge in [0.25, 0.3) is 0 Å². The van der Waals surface area contributed by atoms with Crippen LogP contribution in [0.25, 0.3) is 0 Å². The summed E-state index contributed by atoms with van der Waals surface area (Å²) < 4.78 is 0. The topological polar surface area (TPSA) is 57.5 Å². The SMILES string of the molecule is C[C@@H]1[C@@H]2C(=O)[C@@]3(C)CCC4C(C=C[C@]5(O)C[C@@H](O)CC[C@]45C)C3[C@H]12. The molecule has 4 saturated carbocycles. The van der Waals surface area contributed by atoms with E-state index in [-0.39, 0.29) is 16.9 Å². The Hall–Kier alpha value is -0.670. The lowest BCUT2D eigenvalue weighted by Gasteiger charge is -2.61. The molecular formula is C21H30O3. The van der Waals surface area contributed by atoms with Gasteiger partial charge in [-0.2, -0.15) is 0 Å². The van der Waals surface area contributed by atoms with E-state index >= 15 is 0 Å². The van der Waals surface area contributed by atoms with Gasteiger partial charge in [0.2, 0.25) is 0 Å². The zero-order valence-electron chi connectivity index (χ0n) is 15.0. The predicted octanol–water partition coefficient (Wildman–Crippen LogP) is 2.95. The number of aliphatic hydroxyl groups is 2. The van der Waals surface area contributed by atoms with Crippen LogP contribution in [-0.4, -0.2) is 27.7 Å². The van der Waals surface area contributed by atoms with Gasteiger partial charge in [-0.3, -0.25) is 4.79 Å². The molecule has 0 amide bonds. The molecule has 10 atom stereocenters. The number of hydrogen-bond donors (Lipinski definition) is 2. The maximum atomic E-state index is 12.9. The van der Waals surface area contributed by atoms with Crippen molar-refractivity contribution in [3.8, 4) is 0 Å². The van der Waals surface area contributed by atoms with Gasteiger partial charge in [0, 0.05) is 23.2 Å². The molecule has 0 aromatic rings. The van der Waals surface area contributed by atoms with Gasteiger partial charge in [-0.25, -0.2) is 0 Å². The van der Waals surface area contributed by atoms with E-state index in [1.165, 1.54) is 0 Å². The number of rotatable bonds is 0. The minimum atomic E-state index is -0.878. The average molecular weight is 330 g/mol. The Balaban J connectivity index is 1.58.